The highest BCUT2D eigenvalue weighted by Crippen LogP contribution is 2.30. The highest BCUT2D eigenvalue weighted by molar-refractivity contribution is 5.78. The van der Waals surface area contributed by atoms with Gasteiger partial charge in [-0.15, -0.1) is 0 Å². The fraction of sp³-hybridized carbons (Fsp3) is 0.385. The Morgan fingerprint density at radius 1 is 1.35 bits per heavy atom. The molecule has 1 N–H and O–H groups in total. The van der Waals surface area contributed by atoms with Gasteiger partial charge >= 0.3 is 6.18 Å². The van der Waals surface area contributed by atoms with E-state index in [-0.39, 0.29) is 10.9 Å². The molecule has 1 aliphatic heterocycles. The van der Waals surface area contributed by atoms with Gasteiger partial charge in [0.2, 0.25) is 0 Å². The van der Waals surface area contributed by atoms with Crippen LogP contribution in [0.25, 0.3) is 10.9 Å². The number of nitrogens with one attached hydrogen (secondary N) is 1. The molecule has 1 aromatic carbocycles. The summed E-state index contributed by atoms with van der Waals surface area (Å²) in [4.78, 5) is 16.3. The Bertz CT molecular complexity index is 704. The number of benzene rings is 1. The molecule has 2 aromatic rings. The number of aromatic nitrogens is 2. The molecule has 106 valence electrons. The first-order valence-corrected chi connectivity index (χ1v) is 6.22. The Morgan fingerprint density at radius 2 is 2.10 bits per heavy atom. The molecule has 1 aromatic heterocycles. The van der Waals surface area contributed by atoms with Crippen LogP contribution in [0.3, 0.4) is 0 Å². The van der Waals surface area contributed by atoms with Crippen LogP contribution in [0.2, 0.25) is 0 Å². The van der Waals surface area contributed by atoms with Crippen molar-refractivity contribution in [1.29, 1.82) is 0 Å². The Morgan fingerprint density at radius 3 is 2.70 bits per heavy atom. The van der Waals surface area contributed by atoms with Crippen molar-refractivity contribution in [3.05, 3.63) is 40.4 Å². The topological polar surface area (TPSA) is 46.9 Å². The third-order valence-corrected chi connectivity index (χ3v) is 3.47. The van der Waals surface area contributed by atoms with E-state index >= 15 is 0 Å². The number of hydrogen-bond acceptors (Lipinski definition) is 3. The molecule has 2 heterocycles. The maximum Gasteiger partial charge on any atom is 0.416 e. The van der Waals surface area contributed by atoms with Crippen LogP contribution < -0.4 is 10.9 Å². The molecular weight excluding hydrogens is 271 g/mol. The minimum absolute atomic E-state index is 0.00890. The van der Waals surface area contributed by atoms with E-state index in [2.05, 4.69) is 10.3 Å². The van der Waals surface area contributed by atoms with Gasteiger partial charge in [-0.2, -0.15) is 13.2 Å². The Balaban J connectivity index is 2.07. The summed E-state index contributed by atoms with van der Waals surface area (Å²) in [5.74, 6) is 0.331. The van der Waals surface area contributed by atoms with Crippen molar-refractivity contribution in [2.24, 2.45) is 5.92 Å². The minimum atomic E-state index is -4.46. The van der Waals surface area contributed by atoms with E-state index in [1.54, 1.807) is 0 Å². The summed E-state index contributed by atoms with van der Waals surface area (Å²) in [6.07, 6.45) is -3.06. The lowest BCUT2D eigenvalue weighted by atomic mass is 10.0. The molecular formula is C13H12F3N3O. The van der Waals surface area contributed by atoms with Gasteiger partial charge in [0.15, 0.2) is 0 Å². The fourth-order valence-corrected chi connectivity index (χ4v) is 2.22. The van der Waals surface area contributed by atoms with Crippen molar-refractivity contribution < 1.29 is 13.2 Å². The van der Waals surface area contributed by atoms with Gasteiger partial charge in [0.05, 0.1) is 22.8 Å². The van der Waals surface area contributed by atoms with Crippen LogP contribution in [0.15, 0.2) is 29.3 Å². The quantitative estimate of drug-likeness (QED) is 0.911. The van der Waals surface area contributed by atoms with Crippen LogP contribution in [-0.2, 0) is 12.7 Å². The average Bonchev–Trinajstić information content (AvgIpc) is 2.34. The zero-order valence-electron chi connectivity index (χ0n) is 10.4. The highest BCUT2D eigenvalue weighted by Gasteiger charge is 2.31. The monoisotopic (exact) mass is 283 g/mol. The average molecular weight is 283 g/mol. The number of nitrogens with zero attached hydrogens (tertiary/aromatic N) is 2. The van der Waals surface area contributed by atoms with Crippen LogP contribution in [0.4, 0.5) is 13.2 Å². The van der Waals surface area contributed by atoms with E-state index in [0.717, 1.165) is 25.2 Å². The van der Waals surface area contributed by atoms with Gasteiger partial charge in [-0.05, 0) is 18.2 Å². The normalized spacial score (nSPS) is 16.4. The molecule has 1 saturated heterocycles. The SMILES string of the molecule is O=c1c2cc(C(F)(F)F)ccc2ncn1CC1CNC1. The first-order chi connectivity index (χ1) is 9.45. The molecule has 0 unspecified atom stereocenters. The molecule has 0 amide bonds. The number of hydrogen-bond donors (Lipinski definition) is 1. The second-order valence-electron chi connectivity index (χ2n) is 4.96. The summed E-state index contributed by atoms with van der Waals surface area (Å²) in [6, 6.07) is 3.05. The van der Waals surface area contributed by atoms with Crippen molar-refractivity contribution in [3.8, 4) is 0 Å². The molecule has 0 aliphatic carbocycles. The Kier molecular flexibility index (Phi) is 3.01. The van der Waals surface area contributed by atoms with Crippen LogP contribution in [0.1, 0.15) is 5.56 Å². The second-order valence-corrected chi connectivity index (χ2v) is 4.96. The van der Waals surface area contributed by atoms with E-state index in [4.69, 9.17) is 0 Å². The molecule has 1 aliphatic rings. The number of rotatable bonds is 2. The van der Waals surface area contributed by atoms with E-state index in [0.29, 0.717) is 12.5 Å². The largest absolute Gasteiger partial charge is 0.416 e. The molecule has 0 bridgehead atoms. The van der Waals surface area contributed by atoms with Crippen molar-refractivity contribution >= 4 is 10.9 Å². The van der Waals surface area contributed by atoms with E-state index < -0.39 is 17.3 Å². The second kappa shape index (κ2) is 4.59. The summed E-state index contributed by atoms with van der Waals surface area (Å²) in [5, 5.41) is 3.09. The van der Waals surface area contributed by atoms with E-state index in [9.17, 15) is 18.0 Å². The zero-order valence-corrected chi connectivity index (χ0v) is 10.4. The lowest BCUT2D eigenvalue weighted by molar-refractivity contribution is -0.137. The fourth-order valence-electron chi connectivity index (χ4n) is 2.22. The number of fused-ring (bicyclic) bond motifs is 1. The maximum atomic E-state index is 12.7. The molecule has 0 radical (unpaired) electrons. The molecule has 0 spiro atoms. The van der Waals surface area contributed by atoms with Gasteiger partial charge in [0.1, 0.15) is 0 Å². The summed E-state index contributed by atoms with van der Waals surface area (Å²) in [6.45, 7) is 2.10. The van der Waals surface area contributed by atoms with Gasteiger partial charge in [-0.1, -0.05) is 0 Å². The summed E-state index contributed by atoms with van der Waals surface area (Å²) in [7, 11) is 0. The Hall–Kier alpha value is -1.89. The standard InChI is InChI=1S/C13H12F3N3O/c14-13(15,16)9-1-2-11-10(3-9)12(20)19(7-18-11)6-8-4-17-5-8/h1-3,7-8,17H,4-6H2. The summed E-state index contributed by atoms with van der Waals surface area (Å²) in [5.41, 5.74) is -0.967. The first-order valence-electron chi connectivity index (χ1n) is 6.22. The molecule has 0 saturated carbocycles. The van der Waals surface area contributed by atoms with Crippen molar-refractivity contribution in [3.63, 3.8) is 0 Å². The van der Waals surface area contributed by atoms with Crippen LogP contribution in [0, 0.1) is 5.92 Å². The smallest absolute Gasteiger partial charge is 0.316 e. The number of alkyl halides is 3. The van der Waals surface area contributed by atoms with Crippen LogP contribution in [0.5, 0.6) is 0 Å². The van der Waals surface area contributed by atoms with Gasteiger partial charge in [-0.25, -0.2) is 4.98 Å². The predicted molar refractivity (Wildman–Crippen MR) is 67.4 cm³/mol. The van der Waals surface area contributed by atoms with Crippen molar-refractivity contribution in [1.82, 2.24) is 14.9 Å². The summed E-state index contributed by atoms with van der Waals surface area (Å²) >= 11 is 0. The van der Waals surface area contributed by atoms with Gasteiger partial charge in [0.25, 0.3) is 5.56 Å². The van der Waals surface area contributed by atoms with Crippen LogP contribution in [-0.4, -0.2) is 22.6 Å². The Labute approximate surface area is 112 Å². The zero-order chi connectivity index (χ0) is 14.3. The van der Waals surface area contributed by atoms with Crippen LogP contribution >= 0.6 is 0 Å². The number of halogens is 3. The molecule has 4 nitrogen and oxygen atoms in total. The molecule has 3 rings (SSSR count). The summed E-state index contributed by atoms with van der Waals surface area (Å²) < 4.78 is 39.4. The van der Waals surface area contributed by atoms with Gasteiger partial charge in [-0.3, -0.25) is 9.36 Å². The van der Waals surface area contributed by atoms with Gasteiger partial charge < -0.3 is 5.32 Å². The minimum Gasteiger partial charge on any atom is -0.316 e. The molecule has 0 atom stereocenters. The van der Waals surface area contributed by atoms with E-state index in [1.165, 1.54) is 17.0 Å². The third-order valence-electron chi connectivity index (χ3n) is 3.47. The molecule has 1 fully saturated rings. The first kappa shape index (κ1) is 13.1. The van der Waals surface area contributed by atoms with Crippen molar-refractivity contribution in [2.45, 2.75) is 12.7 Å². The molecule has 7 heteroatoms. The van der Waals surface area contributed by atoms with E-state index in [1.807, 2.05) is 0 Å². The lowest BCUT2D eigenvalue weighted by Crippen LogP contribution is -2.45. The van der Waals surface area contributed by atoms with Gasteiger partial charge in [0, 0.05) is 25.6 Å². The highest BCUT2D eigenvalue weighted by atomic mass is 19.4. The predicted octanol–water partition coefficient (Wildman–Crippen LogP) is 1.63. The maximum absolute atomic E-state index is 12.7. The third kappa shape index (κ3) is 2.29. The van der Waals surface area contributed by atoms with Crippen molar-refractivity contribution in [2.75, 3.05) is 13.1 Å². The lowest BCUT2D eigenvalue weighted by Gasteiger charge is -2.27. The molecule has 20 heavy (non-hydrogen) atoms.